The molecule has 1 aromatic carbocycles. The number of hydrogen-bond acceptors (Lipinski definition) is 5. The van der Waals surface area contributed by atoms with Crippen LogP contribution < -0.4 is 5.56 Å². The molecule has 1 aliphatic carbocycles. The van der Waals surface area contributed by atoms with E-state index in [2.05, 4.69) is 10.1 Å². The van der Waals surface area contributed by atoms with E-state index in [1.165, 1.54) is 7.11 Å². The molecule has 1 fully saturated rings. The van der Waals surface area contributed by atoms with Gasteiger partial charge >= 0.3 is 5.97 Å². The first-order chi connectivity index (χ1) is 13.1. The minimum atomic E-state index is -0.199. The fourth-order valence-corrected chi connectivity index (χ4v) is 3.93. The summed E-state index contributed by atoms with van der Waals surface area (Å²) >= 11 is 0. The maximum atomic E-state index is 12.6. The lowest BCUT2D eigenvalue weighted by Crippen LogP contribution is -2.25. The molecule has 0 bridgehead atoms. The van der Waals surface area contributed by atoms with E-state index in [1.807, 2.05) is 31.2 Å². The Bertz CT molecular complexity index is 1050. The number of H-pyrrole nitrogens is 1. The molecular formula is C20H22N4O3. The zero-order valence-electron chi connectivity index (χ0n) is 15.4. The number of carbonyl (C=O) groups excluding carboxylic acids is 1. The summed E-state index contributed by atoms with van der Waals surface area (Å²) in [6.45, 7) is 2.00. The van der Waals surface area contributed by atoms with Crippen LogP contribution >= 0.6 is 0 Å². The zero-order chi connectivity index (χ0) is 19.0. The number of carbonyl (C=O) groups is 1. The van der Waals surface area contributed by atoms with Gasteiger partial charge in [-0.25, -0.2) is 9.67 Å². The topological polar surface area (TPSA) is 89.9 Å². The highest BCUT2D eigenvalue weighted by Crippen LogP contribution is 2.35. The van der Waals surface area contributed by atoms with E-state index >= 15 is 0 Å². The van der Waals surface area contributed by atoms with Crippen LogP contribution in [0.1, 0.15) is 43.0 Å². The second kappa shape index (κ2) is 6.98. The van der Waals surface area contributed by atoms with Gasteiger partial charge in [-0.1, -0.05) is 24.6 Å². The summed E-state index contributed by atoms with van der Waals surface area (Å²) < 4.78 is 6.61. The molecule has 4 rings (SSSR count). The second-order valence-electron chi connectivity index (χ2n) is 7.11. The van der Waals surface area contributed by atoms with Gasteiger partial charge in [0, 0.05) is 5.92 Å². The van der Waals surface area contributed by atoms with Gasteiger partial charge in [0.15, 0.2) is 5.65 Å². The van der Waals surface area contributed by atoms with Gasteiger partial charge in [-0.15, -0.1) is 0 Å². The van der Waals surface area contributed by atoms with Crippen LogP contribution in [0, 0.1) is 12.8 Å². The molecule has 140 valence electrons. The van der Waals surface area contributed by atoms with Gasteiger partial charge in [0.2, 0.25) is 0 Å². The number of aromatic nitrogens is 4. The number of esters is 1. The van der Waals surface area contributed by atoms with Crippen molar-refractivity contribution in [1.82, 2.24) is 19.7 Å². The molecule has 2 heterocycles. The standard InChI is InChI=1S/C20H22N4O3/c1-12-6-3-4-9-16(12)24-18-15(11-21-24)19(25)23-17(22-18)13-7-5-8-14(10-13)20(26)27-2/h3-4,6,9,11,13-14H,5,7-8,10H2,1-2H3,(H,22,23,25). The minimum absolute atomic E-state index is 0.0279. The Morgan fingerprint density at radius 3 is 2.89 bits per heavy atom. The first-order valence-corrected chi connectivity index (χ1v) is 9.20. The third-order valence-electron chi connectivity index (χ3n) is 5.40. The number of methoxy groups -OCH3 is 1. The average molecular weight is 366 g/mol. The Labute approximate surface area is 156 Å². The lowest BCUT2D eigenvalue weighted by Gasteiger charge is -2.26. The third kappa shape index (κ3) is 3.13. The van der Waals surface area contributed by atoms with E-state index < -0.39 is 0 Å². The predicted octanol–water partition coefficient (Wildman–Crippen LogP) is 2.86. The van der Waals surface area contributed by atoms with Crippen LogP contribution in [0.3, 0.4) is 0 Å². The van der Waals surface area contributed by atoms with Crippen molar-refractivity contribution in [3.05, 3.63) is 52.2 Å². The maximum absolute atomic E-state index is 12.6. The number of rotatable bonds is 3. The summed E-state index contributed by atoms with van der Waals surface area (Å²) in [6.07, 6.45) is 4.80. The fourth-order valence-electron chi connectivity index (χ4n) is 3.93. The van der Waals surface area contributed by atoms with Crippen molar-refractivity contribution in [2.75, 3.05) is 7.11 Å². The molecular weight excluding hydrogens is 344 g/mol. The Balaban J connectivity index is 1.77. The summed E-state index contributed by atoms with van der Waals surface area (Å²) in [4.78, 5) is 32.2. The largest absolute Gasteiger partial charge is 0.469 e. The van der Waals surface area contributed by atoms with Crippen molar-refractivity contribution in [3.63, 3.8) is 0 Å². The summed E-state index contributed by atoms with van der Waals surface area (Å²) in [6, 6.07) is 7.86. The van der Waals surface area contributed by atoms with Gasteiger partial charge in [-0.3, -0.25) is 9.59 Å². The first kappa shape index (κ1) is 17.5. The maximum Gasteiger partial charge on any atom is 0.308 e. The number of benzene rings is 1. The quantitative estimate of drug-likeness (QED) is 0.720. The molecule has 27 heavy (non-hydrogen) atoms. The van der Waals surface area contributed by atoms with Gasteiger partial charge in [-0.05, 0) is 37.8 Å². The number of ether oxygens (including phenoxy) is 1. The van der Waals surface area contributed by atoms with E-state index in [1.54, 1.807) is 10.9 Å². The number of aryl methyl sites for hydroxylation is 1. The van der Waals surface area contributed by atoms with Crippen LogP contribution in [0.2, 0.25) is 0 Å². The number of nitrogens with zero attached hydrogens (tertiary/aromatic N) is 3. The predicted molar refractivity (Wildman–Crippen MR) is 101 cm³/mol. The number of nitrogens with one attached hydrogen (secondary N) is 1. The molecule has 7 nitrogen and oxygen atoms in total. The Morgan fingerprint density at radius 2 is 2.11 bits per heavy atom. The highest BCUT2D eigenvalue weighted by molar-refractivity contribution is 5.75. The second-order valence-corrected chi connectivity index (χ2v) is 7.11. The van der Waals surface area contributed by atoms with Crippen LogP contribution in [0.5, 0.6) is 0 Å². The van der Waals surface area contributed by atoms with E-state index in [9.17, 15) is 9.59 Å². The monoisotopic (exact) mass is 366 g/mol. The molecule has 0 amide bonds. The average Bonchev–Trinajstić information content (AvgIpc) is 3.12. The highest BCUT2D eigenvalue weighted by atomic mass is 16.5. The number of para-hydroxylation sites is 1. The van der Waals surface area contributed by atoms with Crippen molar-refractivity contribution >= 4 is 17.0 Å². The van der Waals surface area contributed by atoms with Gasteiger partial charge < -0.3 is 9.72 Å². The van der Waals surface area contributed by atoms with Crippen LogP contribution in [0.4, 0.5) is 0 Å². The zero-order valence-corrected chi connectivity index (χ0v) is 15.4. The van der Waals surface area contributed by atoms with Crippen molar-refractivity contribution in [2.24, 2.45) is 5.92 Å². The fraction of sp³-hybridized carbons (Fsp3) is 0.400. The van der Waals surface area contributed by atoms with Crippen LogP contribution in [0.25, 0.3) is 16.7 Å². The molecule has 2 unspecified atom stereocenters. The summed E-state index contributed by atoms with van der Waals surface area (Å²) in [5.74, 6) is 0.320. The van der Waals surface area contributed by atoms with E-state index in [0.717, 1.165) is 30.5 Å². The molecule has 3 aromatic rings. The summed E-state index contributed by atoms with van der Waals surface area (Å²) in [5, 5.41) is 4.85. The molecule has 1 saturated carbocycles. The Morgan fingerprint density at radius 1 is 1.30 bits per heavy atom. The highest BCUT2D eigenvalue weighted by Gasteiger charge is 2.30. The van der Waals surface area contributed by atoms with E-state index in [0.29, 0.717) is 23.3 Å². The third-order valence-corrected chi connectivity index (χ3v) is 5.40. The molecule has 2 aromatic heterocycles. The molecule has 0 aliphatic heterocycles. The van der Waals surface area contributed by atoms with Crippen LogP contribution in [-0.2, 0) is 9.53 Å². The SMILES string of the molecule is COC(=O)C1CCCC(c2nc3c(cnn3-c3ccccc3C)c(=O)[nH]2)C1. The van der Waals surface area contributed by atoms with E-state index in [4.69, 9.17) is 9.72 Å². The van der Waals surface area contributed by atoms with Crippen LogP contribution in [0.15, 0.2) is 35.3 Å². The van der Waals surface area contributed by atoms with Gasteiger partial charge in [-0.2, -0.15) is 5.10 Å². The minimum Gasteiger partial charge on any atom is -0.469 e. The summed E-state index contributed by atoms with van der Waals surface area (Å²) in [7, 11) is 1.42. The molecule has 0 radical (unpaired) electrons. The number of fused-ring (bicyclic) bond motifs is 1. The van der Waals surface area contributed by atoms with Gasteiger partial charge in [0.1, 0.15) is 11.2 Å². The molecule has 0 saturated heterocycles. The van der Waals surface area contributed by atoms with Crippen molar-refractivity contribution in [3.8, 4) is 5.69 Å². The normalized spacial score (nSPS) is 19.9. The smallest absolute Gasteiger partial charge is 0.308 e. The van der Waals surface area contributed by atoms with Crippen molar-refractivity contribution in [2.45, 2.75) is 38.5 Å². The summed E-state index contributed by atoms with van der Waals surface area (Å²) in [5.41, 5.74) is 2.29. The molecule has 1 aliphatic rings. The van der Waals surface area contributed by atoms with Gasteiger partial charge in [0.25, 0.3) is 5.56 Å². The van der Waals surface area contributed by atoms with E-state index in [-0.39, 0.29) is 23.4 Å². The molecule has 0 spiro atoms. The van der Waals surface area contributed by atoms with Crippen molar-refractivity contribution in [1.29, 1.82) is 0 Å². The van der Waals surface area contributed by atoms with Crippen molar-refractivity contribution < 1.29 is 9.53 Å². The van der Waals surface area contributed by atoms with Gasteiger partial charge in [0.05, 0.1) is 24.9 Å². The molecule has 2 atom stereocenters. The van der Waals surface area contributed by atoms with Crippen LogP contribution in [-0.4, -0.2) is 32.8 Å². The Kier molecular flexibility index (Phi) is 4.51. The lowest BCUT2D eigenvalue weighted by atomic mass is 9.81. The Hall–Kier alpha value is -2.96. The molecule has 1 N–H and O–H groups in total. The molecule has 7 heteroatoms. The number of aromatic amines is 1. The lowest BCUT2D eigenvalue weighted by molar-refractivity contribution is -0.146. The first-order valence-electron chi connectivity index (χ1n) is 9.20. The number of hydrogen-bond donors (Lipinski definition) is 1.